The van der Waals surface area contributed by atoms with E-state index in [4.69, 9.17) is 9.47 Å². The normalized spacial score (nSPS) is 11.7. The van der Waals surface area contributed by atoms with E-state index < -0.39 is 5.97 Å². The van der Waals surface area contributed by atoms with Crippen molar-refractivity contribution in [2.24, 2.45) is 0 Å². The van der Waals surface area contributed by atoms with Crippen LogP contribution in [0.5, 0.6) is 5.75 Å². The Balaban J connectivity index is 2.39. The summed E-state index contributed by atoms with van der Waals surface area (Å²) in [4.78, 5) is 23.0. The number of carbonyl (C=O) groups is 2. The maximum absolute atomic E-state index is 11.6. The van der Waals surface area contributed by atoms with Gasteiger partial charge in [0.15, 0.2) is 6.61 Å². The first-order valence-corrected chi connectivity index (χ1v) is 7.53. The van der Waals surface area contributed by atoms with Gasteiger partial charge < -0.3 is 14.8 Å². The first kappa shape index (κ1) is 18.5. The van der Waals surface area contributed by atoms with E-state index in [1.165, 1.54) is 6.08 Å². The van der Waals surface area contributed by atoms with Crippen LogP contribution in [0.25, 0.3) is 6.08 Å². The second-order valence-corrected chi connectivity index (χ2v) is 4.99. The zero-order valence-electron chi connectivity index (χ0n) is 13.6. The molecule has 0 aromatic heterocycles. The topological polar surface area (TPSA) is 64.6 Å². The number of carbonyl (C=O) groups excluding carboxylic acids is 2. The zero-order chi connectivity index (χ0) is 17.1. The molecule has 1 aromatic carbocycles. The molecule has 5 nitrogen and oxygen atoms in total. The lowest BCUT2D eigenvalue weighted by atomic mass is 10.2. The van der Waals surface area contributed by atoms with Gasteiger partial charge in [0.25, 0.3) is 5.91 Å². The molecule has 1 atom stereocenters. The van der Waals surface area contributed by atoms with Crippen LogP contribution in [0.2, 0.25) is 0 Å². The maximum atomic E-state index is 11.6. The number of hydrogen-bond acceptors (Lipinski definition) is 4. The van der Waals surface area contributed by atoms with Crippen LogP contribution in [0.4, 0.5) is 0 Å². The number of amides is 1. The molecule has 0 aliphatic heterocycles. The van der Waals surface area contributed by atoms with Crippen molar-refractivity contribution in [1.29, 1.82) is 0 Å². The van der Waals surface area contributed by atoms with Crippen molar-refractivity contribution in [2.45, 2.75) is 26.3 Å². The summed E-state index contributed by atoms with van der Waals surface area (Å²) < 4.78 is 10.2. The summed E-state index contributed by atoms with van der Waals surface area (Å²) in [6.45, 7) is 7.60. The van der Waals surface area contributed by atoms with Gasteiger partial charge in [-0.05, 0) is 37.1 Å². The number of nitrogens with one attached hydrogen (secondary N) is 1. The Morgan fingerprint density at radius 2 is 2.00 bits per heavy atom. The third-order valence-electron chi connectivity index (χ3n) is 3.03. The molecule has 5 heteroatoms. The van der Waals surface area contributed by atoms with E-state index in [1.54, 1.807) is 24.3 Å². The van der Waals surface area contributed by atoms with Crippen molar-refractivity contribution in [2.75, 3.05) is 13.2 Å². The lowest BCUT2D eigenvalue weighted by Crippen LogP contribution is -2.35. The van der Waals surface area contributed by atoms with Gasteiger partial charge in [0, 0.05) is 12.1 Å². The van der Waals surface area contributed by atoms with Crippen molar-refractivity contribution in [1.82, 2.24) is 5.32 Å². The monoisotopic (exact) mass is 317 g/mol. The number of rotatable bonds is 9. The highest BCUT2D eigenvalue weighted by atomic mass is 16.5. The number of hydrogen-bond donors (Lipinski definition) is 1. The SMILES string of the molecule is C=CCOc1ccc(/C=C/C(=O)OCC(=O)N[C@H](C)CC)cc1. The number of esters is 1. The van der Waals surface area contributed by atoms with Crippen LogP contribution in [0, 0.1) is 0 Å². The van der Waals surface area contributed by atoms with E-state index in [-0.39, 0.29) is 18.6 Å². The molecule has 0 fully saturated rings. The van der Waals surface area contributed by atoms with Crippen molar-refractivity contribution >= 4 is 18.0 Å². The summed E-state index contributed by atoms with van der Waals surface area (Å²) in [7, 11) is 0. The van der Waals surface area contributed by atoms with Crippen molar-refractivity contribution in [3.05, 3.63) is 48.6 Å². The van der Waals surface area contributed by atoms with Crippen LogP contribution in [-0.2, 0) is 14.3 Å². The van der Waals surface area contributed by atoms with Crippen molar-refractivity contribution in [3.8, 4) is 5.75 Å². The Kier molecular flexibility index (Phi) is 8.21. The summed E-state index contributed by atoms with van der Waals surface area (Å²) in [6.07, 6.45) is 5.40. The largest absolute Gasteiger partial charge is 0.490 e. The van der Waals surface area contributed by atoms with Gasteiger partial charge in [0.1, 0.15) is 12.4 Å². The van der Waals surface area contributed by atoms with Gasteiger partial charge >= 0.3 is 5.97 Å². The van der Waals surface area contributed by atoms with Gasteiger partial charge in [-0.2, -0.15) is 0 Å². The lowest BCUT2D eigenvalue weighted by molar-refractivity contribution is -0.144. The average Bonchev–Trinajstić information content (AvgIpc) is 2.57. The minimum Gasteiger partial charge on any atom is -0.490 e. The minimum absolute atomic E-state index is 0.0681. The fourth-order valence-corrected chi connectivity index (χ4v) is 1.60. The molecule has 0 radical (unpaired) electrons. The first-order valence-electron chi connectivity index (χ1n) is 7.53. The predicted molar refractivity (Wildman–Crippen MR) is 90.0 cm³/mol. The number of ether oxygens (including phenoxy) is 2. The smallest absolute Gasteiger partial charge is 0.331 e. The molecule has 124 valence electrons. The quantitative estimate of drug-likeness (QED) is 0.432. The number of benzene rings is 1. The van der Waals surface area contributed by atoms with E-state index in [1.807, 2.05) is 26.0 Å². The molecule has 0 bridgehead atoms. The van der Waals surface area contributed by atoms with Gasteiger partial charge in [-0.15, -0.1) is 0 Å². The molecule has 1 N–H and O–H groups in total. The Morgan fingerprint density at radius 3 is 2.61 bits per heavy atom. The third kappa shape index (κ3) is 7.85. The summed E-state index contributed by atoms with van der Waals surface area (Å²) in [5.41, 5.74) is 0.831. The standard InChI is InChI=1S/C18H23NO4/c1-4-12-22-16-9-6-15(7-10-16)8-11-18(21)23-13-17(20)19-14(3)5-2/h4,6-11,14H,1,5,12-13H2,2-3H3,(H,19,20)/b11-8+/t14-/m1/s1. The van der Waals surface area contributed by atoms with Crippen LogP contribution < -0.4 is 10.1 Å². The average molecular weight is 317 g/mol. The second kappa shape index (κ2) is 10.2. The molecule has 0 unspecified atom stereocenters. The van der Waals surface area contributed by atoms with Crippen molar-refractivity contribution in [3.63, 3.8) is 0 Å². The lowest BCUT2D eigenvalue weighted by Gasteiger charge is -2.10. The van der Waals surface area contributed by atoms with Gasteiger partial charge in [0.2, 0.25) is 0 Å². The van der Waals surface area contributed by atoms with E-state index in [2.05, 4.69) is 11.9 Å². The van der Waals surface area contributed by atoms with Gasteiger partial charge in [-0.25, -0.2) is 4.79 Å². The Bertz CT molecular complexity index is 549. The molecule has 0 aliphatic carbocycles. The maximum Gasteiger partial charge on any atom is 0.331 e. The van der Waals surface area contributed by atoms with E-state index in [9.17, 15) is 9.59 Å². The highest BCUT2D eigenvalue weighted by molar-refractivity contribution is 5.89. The summed E-state index contributed by atoms with van der Waals surface area (Å²) in [5.74, 6) is -0.132. The highest BCUT2D eigenvalue weighted by Gasteiger charge is 2.07. The van der Waals surface area contributed by atoms with Gasteiger partial charge in [-0.1, -0.05) is 31.7 Å². The van der Waals surface area contributed by atoms with Gasteiger partial charge in [0.05, 0.1) is 0 Å². The fraction of sp³-hybridized carbons (Fsp3) is 0.333. The Hall–Kier alpha value is -2.56. The summed E-state index contributed by atoms with van der Waals surface area (Å²) in [5, 5.41) is 2.72. The van der Waals surface area contributed by atoms with Gasteiger partial charge in [-0.3, -0.25) is 4.79 Å². The van der Waals surface area contributed by atoms with E-state index in [0.29, 0.717) is 6.61 Å². The fourth-order valence-electron chi connectivity index (χ4n) is 1.60. The van der Waals surface area contributed by atoms with E-state index >= 15 is 0 Å². The Labute approximate surface area is 137 Å². The zero-order valence-corrected chi connectivity index (χ0v) is 13.6. The molecule has 0 spiro atoms. The molecule has 1 aromatic rings. The molecule has 23 heavy (non-hydrogen) atoms. The highest BCUT2D eigenvalue weighted by Crippen LogP contribution is 2.13. The molecule has 0 saturated heterocycles. The van der Waals surface area contributed by atoms with Crippen LogP contribution >= 0.6 is 0 Å². The molecule has 0 heterocycles. The van der Waals surface area contributed by atoms with Crippen LogP contribution in [0.1, 0.15) is 25.8 Å². The molecule has 0 saturated carbocycles. The van der Waals surface area contributed by atoms with Crippen molar-refractivity contribution < 1.29 is 19.1 Å². The molecule has 1 amide bonds. The van der Waals surface area contributed by atoms with Crippen LogP contribution in [-0.4, -0.2) is 31.1 Å². The Morgan fingerprint density at radius 1 is 1.30 bits per heavy atom. The molecular formula is C18H23NO4. The molecular weight excluding hydrogens is 294 g/mol. The molecule has 0 aliphatic rings. The predicted octanol–water partition coefficient (Wildman–Crippen LogP) is 2.72. The van der Waals surface area contributed by atoms with Crippen LogP contribution in [0.3, 0.4) is 0 Å². The second-order valence-electron chi connectivity index (χ2n) is 4.99. The summed E-state index contributed by atoms with van der Waals surface area (Å²) >= 11 is 0. The van der Waals surface area contributed by atoms with Crippen LogP contribution in [0.15, 0.2) is 43.0 Å². The minimum atomic E-state index is -0.559. The first-order chi connectivity index (χ1) is 11.0. The molecule has 1 rings (SSSR count). The third-order valence-corrected chi connectivity index (χ3v) is 3.03. The van der Waals surface area contributed by atoms with E-state index in [0.717, 1.165) is 17.7 Å². The summed E-state index contributed by atoms with van der Waals surface area (Å²) in [6, 6.07) is 7.30.